The van der Waals surface area contributed by atoms with Crippen LogP contribution in [0.2, 0.25) is 5.02 Å². The maximum absolute atomic E-state index is 6.41. The molecule has 0 aliphatic rings. The van der Waals surface area contributed by atoms with Crippen LogP contribution in [0.5, 0.6) is 0 Å². The largest absolute Gasteiger partial charge is 0.379 e. The molecule has 2 aromatic rings. The van der Waals surface area contributed by atoms with E-state index in [2.05, 4.69) is 53.4 Å². The lowest BCUT2D eigenvalue weighted by molar-refractivity contribution is 0.619. The third kappa shape index (κ3) is 3.50. The highest BCUT2D eigenvalue weighted by Crippen LogP contribution is 2.23. The Balaban J connectivity index is 2.10. The van der Waals surface area contributed by atoms with Crippen molar-refractivity contribution in [3.05, 3.63) is 40.7 Å². The predicted molar refractivity (Wildman–Crippen MR) is 90.4 cm³/mol. The first kappa shape index (κ1) is 15.7. The highest BCUT2D eigenvalue weighted by molar-refractivity contribution is 6.31. The Labute approximate surface area is 131 Å². The normalized spacial score (nSPS) is 10.7. The molecule has 0 fully saturated rings. The SMILES string of the molecule is CCc1nn(CC)c(CNc2ccc(N(C)C)cc2)c1Cl. The van der Waals surface area contributed by atoms with E-state index in [1.165, 1.54) is 5.69 Å². The molecule has 4 nitrogen and oxygen atoms in total. The van der Waals surface area contributed by atoms with Gasteiger partial charge < -0.3 is 10.2 Å². The van der Waals surface area contributed by atoms with Crippen LogP contribution in [0.1, 0.15) is 25.2 Å². The molecular weight excluding hydrogens is 284 g/mol. The molecule has 21 heavy (non-hydrogen) atoms. The van der Waals surface area contributed by atoms with Gasteiger partial charge in [0.25, 0.3) is 0 Å². The van der Waals surface area contributed by atoms with E-state index in [0.29, 0.717) is 6.54 Å². The van der Waals surface area contributed by atoms with E-state index in [-0.39, 0.29) is 0 Å². The third-order valence-corrected chi connectivity index (χ3v) is 3.97. The summed E-state index contributed by atoms with van der Waals surface area (Å²) in [7, 11) is 4.07. The molecule has 0 atom stereocenters. The first-order valence-electron chi connectivity index (χ1n) is 7.32. The van der Waals surface area contributed by atoms with Gasteiger partial charge >= 0.3 is 0 Å². The molecule has 114 valence electrons. The smallest absolute Gasteiger partial charge is 0.0868 e. The molecule has 1 aromatic heterocycles. The molecule has 0 bridgehead atoms. The van der Waals surface area contributed by atoms with E-state index < -0.39 is 0 Å². The minimum Gasteiger partial charge on any atom is -0.379 e. The average molecular weight is 307 g/mol. The van der Waals surface area contributed by atoms with Gasteiger partial charge in [0.2, 0.25) is 0 Å². The lowest BCUT2D eigenvalue weighted by Gasteiger charge is -2.13. The van der Waals surface area contributed by atoms with Crippen LogP contribution in [-0.2, 0) is 19.5 Å². The number of nitrogens with one attached hydrogen (secondary N) is 1. The Bertz CT molecular complexity index is 587. The molecule has 1 aromatic carbocycles. The van der Waals surface area contributed by atoms with Gasteiger partial charge in [-0.2, -0.15) is 5.10 Å². The number of nitrogens with zero attached hydrogens (tertiary/aromatic N) is 3. The zero-order chi connectivity index (χ0) is 15.4. The van der Waals surface area contributed by atoms with Crippen LogP contribution in [0.15, 0.2) is 24.3 Å². The van der Waals surface area contributed by atoms with Crippen molar-refractivity contribution in [2.45, 2.75) is 33.4 Å². The van der Waals surface area contributed by atoms with Crippen molar-refractivity contribution in [1.29, 1.82) is 0 Å². The number of rotatable bonds is 6. The Morgan fingerprint density at radius 2 is 1.86 bits per heavy atom. The number of aryl methyl sites for hydroxylation is 2. The molecule has 0 spiro atoms. The molecule has 5 heteroatoms. The quantitative estimate of drug-likeness (QED) is 0.881. The molecule has 2 rings (SSSR count). The van der Waals surface area contributed by atoms with Gasteiger partial charge in [-0.25, -0.2) is 0 Å². The Morgan fingerprint density at radius 3 is 2.38 bits per heavy atom. The standard InChI is InChI=1S/C16H23ClN4/c1-5-14-16(17)15(21(6-2)19-14)11-18-12-7-9-13(10-8-12)20(3)4/h7-10,18H,5-6,11H2,1-4H3. The van der Waals surface area contributed by atoms with Gasteiger partial charge in [0.1, 0.15) is 0 Å². The number of anilines is 2. The van der Waals surface area contributed by atoms with E-state index in [1.54, 1.807) is 0 Å². The van der Waals surface area contributed by atoms with E-state index in [0.717, 1.165) is 35.1 Å². The highest BCUT2D eigenvalue weighted by Gasteiger charge is 2.13. The Morgan fingerprint density at radius 1 is 1.19 bits per heavy atom. The molecule has 0 aliphatic carbocycles. The third-order valence-electron chi connectivity index (χ3n) is 3.54. The van der Waals surface area contributed by atoms with Crippen LogP contribution < -0.4 is 10.2 Å². The molecule has 1 N–H and O–H groups in total. The fourth-order valence-corrected chi connectivity index (χ4v) is 2.59. The first-order valence-corrected chi connectivity index (χ1v) is 7.69. The van der Waals surface area contributed by atoms with Crippen LogP contribution in [-0.4, -0.2) is 23.9 Å². The average Bonchev–Trinajstić information content (AvgIpc) is 2.81. The van der Waals surface area contributed by atoms with Gasteiger partial charge in [0, 0.05) is 32.0 Å². The summed E-state index contributed by atoms with van der Waals surface area (Å²) < 4.78 is 1.97. The minimum absolute atomic E-state index is 0.682. The van der Waals surface area contributed by atoms with Crippen molar-refractivity contribution in [2.75, 3.05) is 24.3 Å². The van der Waals surface area contributed by atoms with Gasteiger partial charge in [0.05, 0.1) is 23.0 Å². The predicted octanol–water partition coefficient (Wildman–Crippen LogP) is 3.80. The van der Waals surface area contributed by atoms with Gasteiger partial charge in [-0.15, -0.1) is 0 Å². The summed E-state index contributed by atoms with van der Waals surface area (Å²) in [5.74, 6) is 0. The zero-order valence-electron chi connectivity index (χ0n) is 13.2. The second kappa shape index (κ2) is 6.85. The summed E-state index contributed by atoms with van der Waals surface area (Å²) in [5, 5.41) is 8.74. The van der Waals surface area contributed by atoms with Crippen LogP contribution in [0.25, 0.3) is 0 Å². The molecule has 0 saturated heterocycles. The fraction of sp³-hybridized carbons (Fsp3) is 0.438. The molecule has 0 unspecified atom stereocenters. The number of benzene rings is 1. The Kier molecular flexibility index (Phi) is 5.12. The molecule has 0 saturated carbocycles. The highest BCUT2D eigenvalue weighted by atomic mass is 35.5. The lowest BCUT2D eigenvalue weighted by Crippen LogP contribution is -2.09. The van der Waals surface area contributed by atoms with Gasteiger partial charge in [-0.05, 0) is 37.6 Å². The van der Waals surface area contributed by atoms with Crippen molar-refractivity contribution >= 4 is 23.0 Å². The van der Waals surface area contributed by atoms with Crippen LogP contribution in [0.3, 0.4) is 0 Å². The van der Waals surface area contributed by atoms with Crippen LogP contribution in [0.4, 0.5) is 11.4 Å². The zero-order valence-corrected chi connectivity index (χ0v) is 13.9. The van der Waals surface area contributed by atoms with Crippen molar-refractivity contribution in [1.82, 2.24) is 9.78 Å². The van der Waals surface area contributed by atoms with Crippen molar-refractivity contribution in [3.8, 4) is 0 Å². The van der Waals surface area contributed by atoms with Crippen molar-refractivity contribution in [2.24, 2.45) is 0 Å². The monoisotopic (exact) mass is 306 g/mol. The molecule has 1 heterocycles. The number of halogens is 1. The second-order valence-electron chi connectivity index (χ2n) is 5.17. The molecule has 0 aliphatic heterocycles. The lowest BCUT2D eigenvalue weighted by atomic mass is 10.2. The van der Waals surface area contributed by atoms with Gasteiger partial charge in [0.15, 0.2) is 0 Å². The van der Waals surface area contributed by atoms with E-state index in [4.69, 9.17) is 11.6 Å². The van der Waals surface area contributed by atoms with Crippen molar-refractivity contribution in [3.63, 3.8) is 0 Å². The van der Waals surface area contributed by atoms with Crippen LogP contribution >= 0.6 is 11.6 Å². The van der Waals surface area contributed by atoms with Gasteiger partial charge in [-0.3, -0.25) is 4.68 Å². The summed E-state index contributed by atoms with van der Waals surface area (Å²) in [6.07, 6.45) is 0.858. The van der Waals surface area contributed by atoms with E-state index in [9.17, 15) is 0 Å². The summed E-state index contributed by atoms with van der Waals surface area (Å²) in [6, 6.07) is 8.35. The van der Waals surface area contributed by atoms with E-state index in [1.807, 2.05) is 18.8 Å². The first-order chi connectivity index (χ1) is 10.1. The van der Waals surface area contributed by atoms with Gasteiger partial charge in [-0.1, -0.05) is 18.5 Å². The topological polar surface area (TPSA) is 33.1 Å². The maximum atomic E-state index is 6.41. The maximum Gasteiger partial charge on any atom is 0.0868 e. The number of aromatic nitrogens is 2. The van der Waals surface area contributed by atoms with E-state index >= 15 is 0 Å². The molecular formula is C16H23ClN4. The fourth-order valence-electron chi connectivity index (χ4n) is 2.25. The summed E-state index contributed by atoms with van der Waals surface area (Å²) in [6.45, 7) is 5.67. The minimum atomic E-state index is 0.682. The van der Waals surface area contributed by atoms with Crippen molar-refractivity contribution < 1.29 is 0 Å². The summed E-state index contributed by atoms with van der Waals surface area (Å²) >= 11 is 6.41. The Hall–Kier alpha value is -1.68. The van der Waals surface area contributed by atoms with Crippen LogP contribution in [0, 0.1) is 0 Å². The number of hydrogen-bond acceptors (Lipinski definition) is 3. The molecule has 0 radical (unpaired) electrons. The number of hydrogen-bond donors (Lipinski definition) is 1. The summed E-state index contributed by atoms with van der Waals surface area (Å²) in [4.78, 5) is 2.08. The molecule has 0 amide bonds. The summed E-state index contributed by atoms with van der Waals surface area (Å²) in [5.41, 5.74) is 4.29. The second-order valence-corrected chi connectivity index (χ2v) is 5.55.